The number of nitrogen functional groups attached to an aromatic ring is 1. The van der Waals surface area contributed by atoms with E-state index in [1.165, 1.54) is 17.2 Å². The number of aromatic nitrogens is 1. The lowest BCUT2D eigenvalue weighted by Gasteiger charge is -2.24. The van der Waals surface area contributed by atoms with Gasteiger partial charge in [0.25, 0.3) is 5.91 Å². The third kappa shape index (κ3) is 3.11. The molecule has 0 aromatic carbocycles. The molecule has 0 aliphatic carbocycles. The number of thioether (sulfide) groups is 1. The highest BCUT2D eigenvalue weighted by molar-refractivity contribution is 7.98. The number of anilines is 1. The minimum absolute atomic E-state index is 0.0225. The molecule has 1 aromatic rings. The number of nitrogens with one attached hydrogen (secondary N) is 1. The standard InChI is InChI=1S/C11H17FN4OS/c1-7(6-18-3)16(2)11(17)8-4-5-14-10(15-13)9(8)12/h4-5,7H,6,13H2,1-3H3,(H,14,15). The zero-order valence-electron chi connectivity index (χ0n) is 10.6. The number of pyridine rings is 1. The monoisotopic (exact) mass is 272 g/mol. The summed E-state index contributed by atoms with van der Waals surface area (Å²) in [4.78, 5) is 17.3. The van der Waals surface area contributed by atoms with E-state index in [1.807, 2.05) is 13.2 Å². The van der Waals surface area contributed by atoms with Gasteiger partial charge in [-0.05, 0) is 19.2 Å². The third-order valence-electron chi connectivity index (χ3n) is 2.65. The maximum absolute atomic E-state index is 13.9. The summed E-state index contributed by atoms with van der Waals surface area (Å²) in [5.41, 5.74) is 2.09. The summed E-state index contributed by atoms with van der Waals surface area (Å²) < 4.78 is 13.9. The van der Waals surface area contributed by atoms with Crippen molar-refractivity contribution in [3.05, 3.63) is 23.6 Å². The fourth-order valence-corrected chi connectivity index (χ4v) is 2.16. The average molecular weight is 272 g/mol. The van der Waals surface area contributed by atoms with Crippen molar-refractivity contribution in [3.8, 4) is 0 Å². The normalized spacial score (nSPS) is 12.1. The number of carbonyl (C=O) groups is 1. The van der Waals surface area contributed by atoms with Crippen LogP contribution in [0.5, 0.6) is 0 Å². The number of hydrogen-bond acceptors (Lipinski definition) is 5. The second-order valence-electron chi connectivity index (χ2n) is 3.89. The lowest BCUT2D eigenvalue weighted by molar-refractivity contribution is 0.0753. The van der Waals surface area contributed by atoms with Crippen molar-refractivity contribution < 1.29 is 9.18 Å². The van der Waals surface area contributed by atoms with E-state index in [2.05, 4.69) is 10.4 Å². The highest BCUT2D eigenvalue weighted by atomic mass is 32.2. The predicted molar refractivity (Wildman–Crippen MR) is 71.9 cm³/mol. The highest BCUT2D eigenvalue weighted by Crippen LogP contribution is 2.17. The fourth-order valence-electron chi connectivity index (χ4n) is 1.45. The van der Waals surface area contributed by atoms with E-state index in [0.29, 0.717) is 0 Å². The molecule has 0 saturated heterocycles. The first-order chi connectivity index (χ1) is 8.52. The molecule has 5 nitrogen and oxygen atoms in total. The van der Waals surface area contributed by atoms with Gasteiger partial charge in [-0.1, -0.05) is 0 Å². The van der Waals surface area contributed by atoms with Gasteiger partial charge >= 0.3 is 0 Å². The summed E-state index contributed by atoms with van der Waals surface area (Å²) in [6.45, 7) is 1.91. The quantitative estimate of drug-likeness (QED) is 0.625. The number of rotatable bonds is 5. The van der Waals surface area contributed by atoms with Crippen LogP contribution in [-0.2, 0) is 0 Å². The molecule has 1 amide bonds. The Morgan fingerprint density at radius 3 is 2.94 bits per heavy atom. The molecule has 1 unspecified atom stereocenters. The first-order valence-corrected chi connectivity index (χ1v) is 6.79. The van der Waals surface area contributed by atoms with Crippen LogP contribution in [0.25, 0.3) is 0 Å². The molecule has 3 N–H and O–H groups in total. The molecule has 1 rings (SSSR count). The van der Waals surface area contributed by atoms with Crippen LogP contribution in [0.2, 0.25) is 0 Å². The van der Waals surface area contributed by atoms with Gasteiger partial charge < -0.3 is 10.3 Å². The van der Waals surface area contributed by atoms with Gasteiger partial charge in [-0.15, -0.1) is 0 Å². The van der Waals surface area contributed by atoms with Gasteiger partial charge in [0.1, 0.15) is 0 Å². The van der Waals surface area contributed by atoms with Crippen LogP contribution >= 0.6 is 11.8 Å². The molecular formula is C11H17FN4OS. The van der Waals surface area contributed by atoms with E-state index in [9.17, 15) is 9.18 Å². The molecule has 1 heterocycles. The van der Waals surface area contributed by atoms with Crippen LogP contribution in [0.15, 0.2) is 12.3 Å². The molecule has 100 valence electrons. The van der Waals surface area contributed by atoms with Crippen molar-refractivity contribution in [1.29, 1.82) is 0 Å². The summed E-state index contributed by atoms with van der Waals surface area (Å²) in [6, 6.07) is 1.37. The van der Waals surface area contributed by atoms with Crippen molar-refractivity contribution in [1.82, 2.24) is 9.88 Å². The molecule has 0 fully saturated rings. The molecule has 7 heteroatoms. The number of hydrogen-bond donors (Lipinski definition) is 2. The Labute approximate surface area is 110 Å². The van der Waals surface area contributed by atoms with E-state index in [-0.39, 0.29) is 23.3 Å². The van der Waals surface area contributed by atoms with Gasteiger partial charge in [-0.25, -0.2) is 15.2 Å². The smallest absolute Gasteiger partial charge is 0.257 e. The minimum atomic E-state index is -0.729. The third-order valence-corrected chi connectivity index (χ3v) is 3.46. The van der Waals surface area contributed by atoms with E-state index in [1.54, 1.807) is 18.8 Å². The van der Waals surface area contributed by atoms with Gasteiger partial charge in [0.2, 0.25) is 0 Å². The first kappa shape index (κ1) is 14.7. The van der Waals surface area contributed by atoms with Crippen LogP contribution < -0.4 is 11.3 Å². The lowest BCUT2D eigenvalue weighted by Crippen LogP contribution is -2.37. The van der Waals surface area contributed by atoms with E-state index < -0.39 is 5.82 Å². The van der Waals surface area contributed by atoms with Crippen molar-refractivity contribution in [2.24, 2.45) is 5.84 Å². The van der Waals surface area contributed by atoms with Gasteiger partial charge in [0.15, 0.2) is 11.6 Å². The van der Waals surface area contributed by atoms with Crippen LogP contribution in [0.3, 0.4) is 0 Å². The van der Waals surface area contributed by atoms with Crippen LogP contribution in [0.1, 0.15) is 17.3 Å². The second kappa shape index (κ2) is 6.55. The average Bonchev–Trinajstić information content (AvgIpc) is 2.37. The second-order valence-corrected chi connectivity index (χ2v) is 4.80. The number of carbonyl (C=O) groups excluding carboxylic acids is 1. The summed E-state index contributed by atoms with van der Waals surface area (Å²) >= 11 is 1.63. The molecule has 0 aliphatic rings. The maximum atomic E-state index is 13.9. The number of nitrogens with zero attached hydrogens (tertiary/aromatic N) is 2. The van der Waals surface area contributed by atoms with E-state index in [0.717, 1.165) is 5.75 Å². The van der Waals surface area contributed by atoms with Gasteiger partial charge in [0.05, 0.1) is 5.56 Å². The minimum Gasteiger partial charge on any atom is -0.338 e. The maximum Gasteiger partial charge on any atom is 0.257 e. The van der Waals surface area contributed by atoms with Gasteiger partial charge in [0, 0.05) is 25.0 Å². The Hall–Kier alpha value is -1.34. The molecule has 0 bridgehead atoms. The first-order valence-electron chi connectivity index (χ1n) is 5.40. The van der Waals surface area contributed by atoms with E-state index in [4.69, 9.17) is 5.84 Å². The molecule has 0 radical (unpaired) electrons. The Morgan fingerprint density at radius 1 is 1.72 bits per heavy atom. The molecular weight excluding hydrogens is 255 g/mol. The zero-order valence-corrected chi connectivity index (χ0v) is 11.4. The summed E-state index contributed by atoms with van der Waals surface area (Å²) in [5.74, 6) is 4.67. The summed E-state index contributed by atoms with van der Waals surface area (Å²) in [6.07, 6.45) is 3.30. The lowest BCUT2D eigenvalue weighted by atomic mass is 10.2. The zero-order chi connectivity index (χ0) is 13.7. The van der Waals surface area contributed by atoms with Gasteiger partial charge in [-0.3, -0.25) is 4.79 Å². The van der Waals surface area contributed by atoms with Crippen LogP contribution in [0.4, 0.5) is 10.2 Å². The highest BCUT2D eigenvalue weighted by Gasteiger charge is 2.22. The molecule has 1 aromatic heterocycles. The number of amides is 1. The Balaban J connectivity index is 2.97. The molecule has 1 atom stereocenters. The van der Waals surface area contributed by atoms with E-state index >= 15 is 0 Å². The Morgan fingerprint density at radius 2 is 2.39 bits per heavy atom. The number of halogens is 1. The van der Waals surface area contributed by atoms with Crippen molar-refractivity contribution in [3.63, 3.8) is 0 Å². The largest absolute Gasteiger partial charge is 0.338 e. The molecule has 18 heavy (non-hydrogen) atoms. The van der Waals surface area contributed by atoms with Crippen LogP contribution in [0, 0.1) is 5.82 Å². The molecule has 0 aliphatic heterocycles. The summed E-state index contributed by atoms with van der Waals surface area (Å²) in [5, 5.41) is 0. The van der Waals surface area contributed by atoms with Gasteiger partial charge in [-0.2, -0.15) is 11.8 Å². The summed E-state index contributed by atoms with van der Waals surface area (Å²) in [7, 11) is 1.65. The predicted octanol–water partition coefficient (Wildman–Crippen LogP) is 1.33. The number of nitrogens with two attached hydrogens (primary N) is 1. The molecule has 0 spiro atoms. The SMILES string of the molecule is CSCC(C)N(C)C(=O)c1ccnc(NN)c1F. The molecule has 0 saturated carbocycles. The van der Waals surface area contributed by atoms with Crippen molar-refractivity contribution in [2.45, 2.75) is 13.0 Å². The number of hydrazine groups is 1. The topological polar surface area (TPSA) is 71.2 Å². The van der Waals surface area contributed by atoms with Crippen LogP contribution in [-0.4, -0.2) is 40.9 Å². The Bertz CT molecular complexity index is 430. The fraction of sp³-hybridized carbons (Fsp3) is 0.455. The Kier molecular flexibility index (Phi) is 5.36. The van der Waals surface area contributed by atoms with Crippen molar-refractivity contribution in [2.75, 3.05) is 24.5 Å². The van der Waals surface area contributed by atoms with Crippen molar-refractivity contribution >= 4 is 23.5 Å².